The van der Waals surface area contributed by atoms with Crippen molar-refractivity contribution in [2.24, 2.45) is 0 Å². The van der Waals surface area contributed by atoms with Crippen LogP contribution in [0.3, 0.4) is 0 Å². The summed E-state index contributed by atoms with van der Waals surface area (Å²) in [7, 11) is -3.80. The number of para-hydroxylation sites is 2. The Kier molecular flexibility index (Phi) is 13.1. The van der Waals surface area contributed by atoms with Crippen LogP contribution in [0.1, 0.15) is 33.6 Å². The van der Waals surface area contributed by atoms with E-state index in [-0.39, 0.29) is 0 Å². The minimum atomic E-state index is -1.90. The summed E-state index contributed by atoms with van der Waals surface area (Å²) in [6.45, 7) is 15.1. The summed E-state index contributed by atoms with van der Waals surface area (Å²) < 4.78 is 7.63. The van der Waals surface area contributed by atoms with Crippen LogP contribution >= 0.6 is 0 Å². The van der Waals surface area contributed by atoms with Gasteiger partial charge in [-0.1, -0.05) is 217 Å². The van der Waals surface area contributed by atoms with Crippen LogP contribution in [0.4, 0.5) is 0 Å². The summed E-state index contributed by atoms with van der Waals surface area (Å²) in [5.74, 6) is 0. The van der Waals surface area contributed by atoms with E-state index < -0.39 is 16.1 Å². The predicted octanol–water partition coefficient (Wildman–Crippen LogP) is 11.0. The van der Waals surface area contributed by atoms with Crippen molar-refractivity contribution in [3.63, 3.8) is 0 Å². The zero-order chi connectivity index (χ0) is 47.1. The Hall–Kier alpha value is -8.13. The van der Waals surface area contributed by atoms with Crippen LogP contribution in [0.5, 0.6) is 0 Å². The number of hydrogen-bond donors (Lipinski definition) is 0. The molecule has 0 saturated heterocycles. The van der Waals surface area contributed by atoms with E-state index in [1.54, 1.807) is 0 Å². The topological polar surface area (TPSA) is 123 Å². The van der Waals surface area contributed by atoms with Gasteiger partial charge in [0.1, 0.15) is 38.6 Å². The van der Waals surface area contributed by atoms with Gasteiger partial charge < -0.3 is 0 Å². The molecule has 0 amide bonds. The van der Waals surface area contributed by atoms with Gasteiger partial charge in [-0.05, 0) is 46.5 Å². The molecule has 0 unspecified atom stereocenters. The van der Waals surface area contributed by atoms with E-state index in [1.165, 1.54) is 11.1 Å². The molecule has 4 heterocycles. The lowest BCUT2D eigenvalue weighted by atomic mass is 10.0. The predicted molar refractivity (Wildman–Crippen MR) is 277 cm³/mol. The number of aromatic nitrogens is 12. The van der Waals surface area contributed by atoms with Gasteiger partial charge in [-0.2, -0.15) is 0 Å². The van der Waals surface area contributed by atoms with E-state index in [0.29, 0.717) is 13.1 Å². The quantitative estimate of drug-likeness (QED) is 0.0877. The van der Waals surface area contributed by atoms with Gasteiger partial charge in [-0.25, -0.2) is 18.7 Å². The first-order valence-corrected chi connectivity index (χ1v) is 29.6. The van der Waals surface area contributed by atoms with Gasteiger partial charge in [0.25, 0.3) is 0 Å². The fourth-order valence-corrected chi connectivity index (χ4v) is 10.3. The molecule has 10 rings (SSSR count). The Morgan fingerprint density at radius 1 is 0.397 bits per heavy atom. The average Bonchev–Trinajstić information content (AvgIpc) is 4.19. The molecule has 12 nitrogen and oxygen atoms in total. The Balaban J connectivity index is 0.000000170. The second kappa shape index (κ2) is 19.8. The molecule has 0 N–H and O–H groups in total. The van der Waals surface area contributed by atoms with Crippen molar-refractivity contribution < 1.29 is 0 Å². The molecule has 4 aromatic heterocycles. The summed E-state index contributed by atoms with van der Waals surface area (Å²) in [6.07, 6.45) is 3.98. The smallest absolute Gasteiger partial charge is 0.121 e. The highest BCUT2D eigenvalue weighted by molar-refractivity contribution is 6.92. The Morgan fingerprint density at radius 3 is 1.10 bits per heavy atom. The van der Waals surface area contributed by atoms with Crippen LogP contribution in [0.15, 0.2) is 194 Å². The molecule has 6 aromatic carbocycles. The van der Waals surface area contributed by atoms with Gasteiger partial charge in [-0.15, -0.1) is 20.4 Å². The molecule has 0 saturated carbocycles. The van der Waals surface area contributed by atoms with Crippen molar-refractivity contribution in [2.45, 2.75) is 52.4 Å². The molecular weight excluding hydrogens is 873 g/mol. The van der Waals surface area contributed by atoms with Gasteiger partial charge in [0, 0.05) is 0 Å². The second-order valence-electron chi connectivity index (χ2n) is 18.5. The van der Waals surface area contributed by atoms with Crippen LogP contribution in [0.2, 0.25) is 39.3 Å². The van der Waals surface area contributed by atoms with Crippen molar-refractivity contribution in [1.29, 1.82) is 0 Å². The van der Waals surface area contributed by atoms with Crippen LogP contribution < -0.4 is 0 Å². The highest BCUT2D eigenvalue weighted by atomic mass is 28.3. The van der Waals surface area contributed by atoms with Crippen LogP contribution in [-0.4, -0.2) is 76.1 Å². The number of hydrogen-bond acceptors (Lipinski definition) is 8. The molecule has 10 aromatic rings. The Bertz CT molecular complexity index is 3200. The number of fused-ring (bicyclic) bond motifs is 2. The Labute approximate surface area is 397 Å². The molecule has 0 radical (unpaired) electrons. The summed E-state index contributed by atoms with van der Waals surface area (Å²) >= 11 is 0. The first-order valence-electron chi connectivity index (χ1n) is 22.6. The van der Waals surface area contributed by atoms with E-state index in [1.807, 2.05) is 140 Å². The molecule has 14 heteroatoms. The third-order valence-corrected chi connectivity index (χ3v) is 14.6. The van der Waals surface area contributed by atoms with Crippen LogP contribution in [0, 0.1) is 0 Å². The Morgan fingerprint density at radius 2 is 0.735 bits per heavy atom. The van der Waals surface area contributed by atoms with Crippen molar-refractivity contribution in [3.05, 3.63) is 227 Å². The molecule has 0 aliphatic rings. The molecular formula is C54H52N12Si2. The minimum Gasteiger partial charge on any atom is -0.247 e. The SMILES string of the molecule is C[Si](C)(C)C(=C=C(c1ccccc1)c1cn(Cc2ccccc2)nn1)n1nnc2ccccc21.C[Si](C)(C)C(=C=C(c1ccccc1)c1cn(Cc2ccccc2)nn1)n1nnc2ccccc21. The summed E-state index contributed by atoms with van der Waals surface area (Å²) in [6, 6.07) is 57.1. The molecule has 0 spiro atoms. The summed E-state index contributed by atoms with van der Waals surface area (Å²) in [5, 5.41) is 37.8. The third kappa shape index (κ3) is 10.4. The molecule has 0 fully saturated rings. The zero-order valence-electron chi connectivity index (χ0n) is 39.1. The number of nitrogens with zero attached hydrogens (tertiary/aromatic N) is 12. The maximum atomic E-state index is 4.54. The van der Waals surface area contributed by atoms with E-state index in [4.69, 9.17) is 0 Å². The van der Waals surface area contributed by atoms with Gasteiger partial charge in [0.05, 0.1) is 58.3 Å². The largest absolute Gasteiger partial charge is 0.247 e. The minimum absolute atomic E-state index is 0.661. The van der Waals surface area contributed by atoms with E-state index in [0.717, 1.165) is 66.4 Å². The van der Waals surface area contributed by atoms with Crippen molar-refractivity contribution in [2.75, 3.05) is 0 Å². The highest BCUT2D eigenvalue weighted by Crippen LogP contribution is 2.29. The molecule has 68 heavy (non-hydrogen) atoms. The lowest BCUT2D eigenvalue weighted by molar-refractivity contribution is 0.649. The molecule has 0 aliphatic heterocycles. The monoisotopic (exact) mass is 924 g/mol. The fraction of sp³-hybridized carbons (Fsp3) is 0.148. The number of benzene rings is 6. The standard InChI is InChI=1S/2C27H26N6Si/c2*1-34(2,3)27(33-26-17-11-10-16-24(26)28-31-33)18-23(22-14-8-5-9-15-22)25-20-32(30-29-25)19-21-12-6-4-7-13-21/h2*4-17,20H,19H2,1-3H3. The van der Waals surface area contributed by atoms with E-state index >= 15 is 0 Å². The van der Waals surface area contributed by atoms with Gasteiger partial charge in [0.2, 0.25) is 0 Å². The molecule has 0 aliphatic carbocycles. The summed E-state index contributed by atoms with van der Waals surface area (Å²) in [5.41, 5.74) is 19.0. The maximum absolute atomic E-state index is 4.54. The van der Waals surface area contributed by atoms with Crippen LogP contribution in [0.25, 0.3) is 43.9 Å². The van der Waals surface area contributed by atoms with Gasteiger partial charge in [-0.3, -0.25) is 0 Å². The fourth-order valence-electron chi connectivity index (χ4n) is 7.72. The molecule has 0 atom stereocenters. The van der Waals surface area contributed by atoms with E-state index in [9.17, 15) is 0 Å². The lowest BCUT2D eigenvalue weighted by Crippen LogP contribution is -2.27. The molecule has 0 bridgehead atoms. The van der Waals surface area contributed by atoms with Crippen molar-refractivity contribution >= 4 is 60.0 Å². The normalized spacial score (nSPS) is 11.4. The van der Waals surface area contributed by atoms with Crippen molar-refractivity contribution in [1.82, 2.24) is 60.0 Å². The molecule has 336 valence electrons. The van der Waals surface area contributed by atoms with Crippen LogP contribution in [-0.2, 0) is 13.1 Å². The average molecular weight is 925 g/mol. The second-order valence-corrected chi connectivity index (χ2v) is 28.4. The van der Waals surface area contributed by atoms with E-state index in [2.05, 4.69) is 153 Å². The maximum Gasteiger partial charge on any atom is 0.121 e. The third-order valence-electron chi connectivity index (χ3n) is 11.1. The van der Waals surface area contributed by atoms with Gasteiger partial charge >= 0.3 is 0 Å². The van der Waals surface area contributed by atoms with Crippen molar-refractivity contribution in [3.8, 4) is 0 Å². The lowest BCUT2D eigenvalue weighted by Gasteiger charge is -2.19. The highest BCUT2D eigenvalue weighted by Gasteiger charge is 2.27. The summed E-state index contributed by atoms with van der Waals surface area (Å²) in [4.78, 5) is 0. The number of rotatable bonds is 12. The first-order chi connectivity index (χ1) is 33.0. The zero-order valence-corrected chi connectivity index (χ0v) is 41.1. The first kappa shape index (κ1) is 45.0. The van der Waals surface area contributed by atoms with Gasteiger partial charge in [0.15, 0.2) is 0 Å².